The van der Waals surface area contributed by atoms with Gasteiger partial charge in [-0.3, -0.25) is 4.79 Å². The normalized spacial score (nSPS) is 17.4. The number of phenols is 6. The van der Waals surface area contributed by atoms with Gasteiger partial charge in [0.05, 0.1) is 6.04 Å². The molecule has 0 saturated heterocycles. The highest BCUT2D eigenvalue weighted by Gasteiger charge is 2.35. The number of carbonyl (C=O) groups excluding carboxylic acids is 1. The molecular weight excluding hydrogens is 406 g/mol. The number of phenolic OH excluding ortho intramolecular Hbond substituents is 6. The average molecular weight is 425 g/mol. The molecule has 0 radical (unpaired) electrons. The zero-order valence-electron chi connectivity index (χ0n) is 16.0. The van der Waals surface area contributed by atoms with Crippen molar-refractivity contribution < 1.29 is 40.2 Å². The van der Waals surface area contributed by atoms with Gasteiger partial charge in [-0.25, -0.2) is 0 Å². The van der Waals surface area contributed by atoms with Crippen LogP contribution in [0.5, 0.6) is 40.2 Å². The third-order valence-electron chi connectivity index (χ3n) is 5.13. The number of fused-ring (bicyclic) bond motifs is 1. The molecule has 31 heavy (non-hydrogen) atoms. The van der Waals surface area contributed by atoms with Crippen LogP contribution in [0.1, 0.15) is 27.6 Å². The highest BCUT2D eigenvalue weighted by atomic mass is 16.5. The van der Waals surface area contributed by atoms with Crippen LogP contribution in [0.3, 0.4) is 0 Å². The molecule has 0 spiro atoms. The molecule has 3 aromatic carbocycles. The van der Waals surface area contributed by atoms with Crippen molar-refractivity contribution in [2.45, 2.75) is 18.6 Å². The summed E-state index contributed by atoms with van der Waals surface area (Å²) in [6, 6.07) is 9.98. The molecule has 9 heteroatoms. The third-order valence-corrected chi connectivity index (χ3v) is 5.13. The first kappa shape index (κ1) is 20.0. The van der Waals surface area contributed by atoms with E-state index < -0.39 is 41.1 Å². The molecule has 4 rings (SSSR count). The van der Waals surface area contributed by atoms with Gasteiger partial charge in [-0.1, -0.05) is 6.07 Å². The summed E-state index contributed by atoms with van der Waals surface area (Å²) in [5.41, 5.74) is 0.819. The second-order valence-corrected chi connectivity index (χ2v) is 7.19. The molecule has 0 saturated carbocycles. The van der Waals surface area contributed by atoms with Gasteiger partial charge in [0.25, 0.3) is 5.91 Å². The molecule has 1 aliphatic rings. The van der Waals surface area contributed by atoms with Crippen LogP contribution in [0, 0.1) is 0 Å². The maximum atomic E-state index is 12.8. The van der Waals surface area contributed by atoms with Crippen LogP contribution in [0.2, 0.25) is 0 Å². The smallest absolute Gasteiger partial charge is 0.251 e. The number of nitrogens with one attached hydrogen (secondary N) is 1. The molecule has 0 fully saturated rings. The molecule has 160 valence electrons. The first-order valence-corrected chi connectivity index (χ1v) is 9.29. The fraction of sp³-hybridized carbons (Fsp3) is 0.136. The fourth-order valence-corrected chi connectivity index (χ4v) is 3.55. The Balaban J connectivity index is 1.72. The number of aromatic hydroxyl groups is 6. The Morgan fingerprint density at radius 3 is 2.23 bits per heavy atom. The topological polar surface area (TPSA) is 160 Å². The number of amides is 1. The van der Waals surface area contributed by atoms with Crippen LogP contribution in [0.4, 0.5) is 0 Å². The Bertz CT molecular complexity index is 1150. The van der Waals surface area contributed by atoms with Gasteiger partial charge in [-0.2, -0.15) is 0 Å². The minimum atomic E-state index is -0.888. The number of hydrogen-bond acceptors (Lipinski definition) is 8. The van der Waals surface area contributed by atoms with E-state index in [0.717, 1.165) is 6.07 Å². The number of carbonyl (C=O) groups is 1. The average Bonchev–Trinajstić information content (AvgIpc) is 2.73. The van der Waals surface area contributed by atoms with Crippen molar-refractivity contribution in [1.29, 1.82) is 0 Å². The van der Waals surface area contributed by atoms with Gasteiger partial charge in [-0.05, 0) is 42.5 Å². The second kappa shape index (κ2) is 7.52. The van der Waals surface area contributed by atoms with E-state index in [1.54, 1.807) is 12.1 Å². The summed E-state index contributed by atoms with van der Waals surface area (Å²) in [4.78, 5) is 12.8. The van der Waals surface area contributed by atoms with E-state index in [1.165, 1.54) is 30.3 Å². The lowest BCUT2D eigenvalue weighted by atomic mass is 9.91. The van der Waals surface area contributed by atoms with Gasteiger partial charge in [0, 0.05) is 23.1 Å². The first-order valence-electron chi connectivity index (χ1n) is 9.29. The molecule has 0 aliphatic carbocycles. The maximum absolute atomic E-state index is 12.8. The van der Waals surface area contributed by atoms with Crippen molar-refractivity contribution >= 4 is 5.91 Å². The Labute approximate surface area is 176 Å². The van der Waals surface area contributed by atoms with Crippen molar-refractivity contribution in [3.05, 3.63) is 65.2 Å². The summed E-state index contributed by atoms with van der Waals surface area (Å²) in [7, 11) is 0. The van der Waals surface area contributed by atoms with Crippen molar-refractivity contribution in [3.63, 3.8) is 0 Å². The van der Waals surface area contributed by atoms with E-state index in [2.05, 4.69) is 5.32 Å². The van der Waals surface area contributed by atoms with Crippen molar-refractivity contribution in [2.24, 2.45) is 0 Å². The minimum Gasteiger partial charge on any atom is -0.508 e. The van der Waals surface area contributed by atoms with E-state index in [9.17, 15) is 35.4 Å². The maximum Gasteiger partial charge on any atom is 0.251 e. The molecular formula is C22H19NO8. The zero-order valence-corrected chi connectivity index (χ0v) is 16.0. The first-order chi connectivity index (χ1) is 14.7. The predicted octanol–water partition coefficient (Wildman–Crippen LogP) is 2.40. The summed E-state index contributed by atoms with van der Waals surface area (Å²) >= 11 is 0. The van der Waals surface area contributed by atoms with E-state index >= 15 is 0 Å². The number of benzene rings is 3. The Kier molecular flexibility index (Phi) is 4.86. The van der Waals surface area contributed by atoms with Gasteiger partial charge in [0.2, 0.25) is 0 Å². The third kappa shape index (κ3) is 3.68. The van der Waals surface area contributed by atoms with E-state index in [-0.39, 0.29) is 29.0 Å². The van der Waals surface area contributed by atoms with Crippen molar-refractivity contribution in [3.8, 4) is 40.2 Å². The van der Waals surface area contributed by atoms with Gasteiger partial charge >= 0.3 is 0 Å². The molecule has 3 aromatic rings. The summed E-state index contributed by atoms with van der Waals surface area (Å²) in [5.74, 6) is -2.87. The predicted molar refractivity (Wildman–Crippen MR) is 108 cm³/mol. The molecule has 9 nitrogen and oxygen atoms in total. The summed E-state index contributed by atoms with van der Waals surface area (Å²) in [6.45, 7) is 0. The molecule has 1 amide bonds. The quantitative estimate of drug-likeness (QED) is 0.315. The lowest BCUT2D eigenvalue weighted by Crippen LogP contribution is -2.44. The molecule has 0 bridgehead atoms. The standard InChI is InChI=1S/C22H19NO8/c24-14-2-1-3-19-12(14)9-13(23-22(30)10-4-5-15(25)16(26)6-10)21(31-19)11-7-17(27)20(29)18(28)8-11/h1-8,13,21,24-29H,9H2,(H,23,30)/t13?,21-/m1/s1. The van der Waals surface area contributed by atoms with Gasteiger partial charge in [-0.15, -0.1) is 0 Å². The molecule has 1 aliphatic heterocycles. The van der Waals surface area contributed by atoms with Crippen LogP contribution >= 0.6 is 0 Å². The molecule has 2 atom stereocenters. The Morgan fingerprint density at radius 2 is 1.55 bits per heavy atom. The van der Waals surface area contributed by atoms with Crippen LogP contribution in [0.25, 0.3) is 0 Å². The van der Waals surface area contributed by atoms with Crippen molar-refractivity contribution in [1.82, 2.24) is 5.32 Å². The summed E-state index contributed by atoms with van der Waals surface area (Å²) in [5, 5.41) is 61.6. The summed E-state index contributed by atoms with van der Waals surface area (Å²) in [6.07, 6.45) is -0.730. The van der Waals surface area contributed by atoms with Gasteiger partial charge in [0.15, 0.2) is 28.7 Å². The molecule has 7 N–H and O–H groups in total. The number of rotatable bonds is 3. The lowest BCUT2D eigenvalue weighted by Gasteiger charge is -2.35. The fourth-order valence-electron chi connectivity index (χ4n) is 3.55. The Morgan fingerprint density at radius 1 is 0.839 bits per heavy atom. The Hall–Kier alpha value is -4.27. The van der Waals surface area contributed by atoms with Crippen LogP contribution < -0.4 is 10.1 Å². The van der Waals surface area contributed by atoms with Crippen LogP contribution in [-0.4, -0.2) is 42.6 Å². The van der Waals surface area contributed by atoms with E-state index in [4.69, 9.17) is 4.74 Å². The van der Waals surface area contributed by atoms with Crippen LogP contribution in [-0.2, 0) is 6.42 Å². The second-order valence-electron chi connectivity index (χ2n) is 7.19. The van der Waals surface area contributed by atoms with Crippen molar-refractivity contribution in [2.75, 3.05) is 0 Å². The monoisotopic (exact) mass is 425 g/mol. The molecule has 0 aromatic heterocycles. The number of ether oxygens (including phenoxy) is 1. The van der Waals surface area contributed by atoms with E-state index in [1.807, 2.05) is 0 Å². The van der Waals surface area contributed by atoms with Gasteiger partial charge < -0.3 is 40.7 Å². The number of hydrogen-bond donors (Lipinski definition) is 7. The lowest BCUT2D eigenvalue weighted by molar-refractivity contribution is 0.0837. The largest absolute Gasteiger partial charge is 0.508 e. The zero-order chi connectivity index (χ0) is 22.3. The highest BCUT2D eigenvalue weighted by molar-refractivity contribution is 5.95. The molecule has 1 heterocycles. The minimum absolute atomic E-state index is 0.0196. The van der Waals surface area contributed by atoms with Crippen LogP contribution in [0.15, 0.2) is 48.5 Å². The summed E-state index contributed by atoms with van der Waals surface area (Å²) < 4.78 is 5.97. The van der Waals surface area contributed by atoms with Gasteiger partial charge in [0.1, 0.15) is 17.6 Å². The van der Waals surface area contributed by atoms with E-state index in [0.29, 0.717) is 11.3 Å². The highest BCUT2D eigenvalue weighted by Crippen LogP contribution is 2.43. The molecule has 1 unspecified atom stereocenters. The SMILES string of the molecule is O=C(NC1Cc2c(O)cccc2O[C@@H]1c1cc(O)c(O)c(O)c1)c1ccc(O)c(O)c1.